The Morgan fingerprint density at radius 2 is 1.64 bits per heavy atom. The molecule has 0 bridgehead atoms. The molecule has 0 atom stereocenters. The zero-order valence-electron chi connectivity index (χ0n) is 13.5. The number of aryl methyl sites for hydroxylation is 1. The first kappa shape index (κ1) is 15.5. The number of anilines is 1. The van der Waals surface area contributed by atoms with Gasteiger partial charge >= 0.3 is 0 Å². The van der Waals surface area contributed by atoms with Crippen LogP contribution >= 0.6 is 12.2 Å². The van der Waals surface area contributed by atoms with Crippen LogP contribution in [-0.2, 0) is 0 Å². The van der Waals surface area contributed by atoms with Gasteiger partial charge in [0.25, 0.3) is 0 Å². The maximum Gasteiger partial charge on any atom is 0.214 e. The van der Waals surface area contributed by atoms with E-state index in [1.807, 2.05) is 67.6 Å². The van der Waals surface area contributed by atoms with Gasteiger partial charge in [-0.15, -0.1) is 0 Å². The molecule has 2 N–H and O–H groups in total. The summed E-state index contributed by atoms with van der Waals surface area (Å²) in [6, 6.07) is 19.4. The third-order valence-corrected chi connectivity index (χ3v) is 4.39. The number of hydrazone groups is 1. The van der Waals surface area contributed by atoms with Gasteiger partial charge in [-0.25, -0.2) is 0 Å². The lowest BCUT2D eigenvalue weighted by molar-refractivity contribution is 0.106. The molecule has 0 heterocycles. The lowest BCUT2D eigenvalue weighted by Crippen LogP contribution is -2.26. The van der Waals surface area contributed by atoms with Crippen molar-refractivity contribution >= 4 is 45.3 Å². The van der Waals surface area contributed by atoms with Gasteiger partial charge in [-0.3, -0.25) is 10.2 Å². The van der Waals surface area contributed by atoms with E-state index in [-0.39, 0.29) is 5.78 Å². The highest BCUT2D eigenvalue weighted by Crippen LogP contribution is 2.30. The van der Waals surface area contributed by atoms with Gasteiger partial charge in [0.2, 0.25) is 5.78 Å². The molecule has 4 rings (SSSR count). The molecule has 0 unspecified atom stereocenters. The van der Waals surface area contributed by atoms with E-state index in [0.717, 1.165) is 22.0 Å². The summed E-state index contributed by atoms with van der Waals surface area (Å²) in [4.78, 5) is 12.7. The summed E-state index contributed by atoms with van der Waals surface area (Å²) in [5.74, 6) is -0.0857. The molecule has 3 aromatic rings. The molecular formula is C20H15N3OS. The van der Waals surface area contributed by atoms with Crippen molar-refractivity contribution in [3.05, 3.63) is 77.4 Å². The minimum atomic E-state index is -0.0857. The Kier molecular flexibility index (Phi) is 3.78. The minimum absolute atomic E-state index is 0.0857. The fraction of sp³-hybridized carbons (Fsp3) is 0.0500. The largest absolute Gasteiger partial charge is 0.331 e. The van der Waals surface area contributed by atoms with Gasteiger partial charge in [-0.1, -0.05) is 54.1 Å². The molecule has 0 radical (unpaired) electrons. The molecule has 1 aliphatic rings. The summed E-state index contributed by atoms with van der Waals surface area (Å²) in [7, 11) is 0. The van der Waals surface area contributed by atoms with Crippen molar-refractivity contribution in [2.75, 3.05) is 5.32 Å². The first-order valence-corrected chi connectivity index (χ1v) is 8.32. The number of hydrogen-bond acceptors (Lipinski definition) is 3. The number of carbonyl (C=O) groups excluding carboxylic acids is 1. The third kappa shape index (κ3) is 2.79. The van der Waals surface area contributed by atoms with E-state index in [0.29, 0.717) is 16.4 Å². The van der Waals surface area contributed by atoms with E-state index in [9.17, 15) is 4.79 Å². The van der Waals surface area contributed by atoms with Crippen LogP contribution in [0.15, 0.2) is 65.8 Å². The van der Waals surface area contributed by atoms with Crippen LogP contribution in [0.2, 0.25) is 0 Å². The Hall–Kier alpha value is -3.05. The van der Waals surface area contributed by atoms with E-state index in [1.54, 1.807) is 0 Å². The van der Waals surface area contributed by atoms with Crippen LogP contribution in [0, 0.1) is 6.92 Å². The van der Waals surface area contributed by atoms with Gasteiger partial charge in [0, 0.05) is 22.2 Å². The second-order valence-corrected chi connectivity index (χ2v) is 6.34. The molecule has 4 nitrogen and oxygen atoms in total. The SMILES string of the molecule is Cc1ccc(NC(=S)N/N=C2\C(=O)c3cccc4cccc2c34)cc1. The molecule has 25 heavy (non-hydrogen) atoms. The van der Waals surface area contributed by atoms with Crippen molar-refractivity contribution in [1.29, 1.82) is 0 Å². The number of ketones is 1. The highest BCUT2D eigenvalue weighted by Gasteiger charge is 2.28. The summed E-state index contributed by atoms with van der Waals surface area (Å²) in [5.41, 5.74) is 6.74. The lowest BCUT2D eigenvalue weighted by atomic mass is 10.1. The number of carbonyl (C=O) groups is 1. The Morgan fingerprint density at radius 3 is 2.36 bits per heavy atom. The number of Topliss-reactive ketones (excluding diaryl/α,β-unsaturated/α-hetero) is 1. The molecule has 1 aliphatic carbocycles. The zero-order chi connectivity index (χ0) is 17.4. The van der Waals surface area contributed by atoms with Gasteiger partial charge in [-0.2, -0.15) is 5.10 Å². The highest BCUT2D eigenvalue weighted by molar-refractivity contribution is 7.80. The standard InChI is InChI=1S/C20H15N3OS/c1-12-8-10-14(11-9-12)21-20(25)23-22-18-15-6-2-4-13-5-3-7-16(17(13)15)19(18)24/h2-11H,1H3,(H2,21,23,25)/b22-18-. The quantitative estimate of drug-likeness (QED) is 0.544. The molecule has 3 aromatic carbocycles. The second-order valence-electron chi connectivity index (χ2n) is 5.93. The first-order valence-electron chi connectivity index (χ1n) is 7.91. The minimum Gasteiger partial charge on any atom is -0.331 e. The summed E-state index contributed by atoms with van der Waals surface area (Å²) < 4.78 is 0. The molecule has 0 spiro atoms. The van der Waals surface area contributed by atoms with Crippen LogP contribution in [0.1, 0.15) is 21.5 Å². The zero-order valence-corrected chi connectivity index (χ0v) is 14.4. The number of nitrogens with one attached hydrogen (secondary N) is 2. The third-order valence-electron chi connectivity index (χ3n) is 4.20. The lowest BCUT2D eigenvalue weighted by Gasteiger charge is -2.08. The maximum absolute atomic E-state index is 12.7. The van der Waals surface area contributed by atoms with Crippen LogP contribution in [0.4, 0.5) is 5.69 Å². The van der Waals surface area contributed by atoms with E-state index in [2.05, 4.69) is 15.8 Å². The van der Waals surface area contributed by atoms with Crippen LogP contribution in [-0.4, -0.2) is 16.6 Å². The van der Waals surface area contributed by atoms with Crippen molar-refractivity contribution in [2.24, 2.45) is 5.10 Å². The Labute approximate surface area is 150 Å². The molecular weight excluding hydrogens is 330 g/mol. The smallest absolute Gasteiger partial charge is 0.214 e. The van der Waals surface area contributed by atoms with Crippen molar-refractivity contribution in [2.45, 2.75) is 6.92 Å². The van der Waals surface area contributed by atoms with E-state index in [1.165, 1.54) is 5.56 Å². The van der Waals surface area contributed by atoms with Crippen molar-refractivity contribution in [1.82, 2.24) is 5.43 Å². The molecule has 122 valence electrons. The fourth-order valence-corrected chi connectivity index (χ4v) is 3.15. The predicted octanol–water partition coefficient (Wildman–Crippen LogP) is 4.04. The number of benzene rings is 3. The van der Waals surface area contributed by atoms with Crippen molar-refractivity contribution in [3.63, 3.8) is 0 Å². The Morgan fingerprint density at radius 1 is 0.960 bits per heavy atom. The van der Waals surface area contributed by atoms with E-state index < -0.39 is 0 Å². The van der Waals surface area contributed by atoms with Crippen LogP contribution in [0.25, 0.3) is 10.8 Å². The van der Waals surface area contributed by atoms with Crippen molar-refractivity contribution in [3.8, 4) is 0 Å². The average Bonchev–Trinajstić information content (AvgIpc) is 2.90. The number of rotatable bonds is 2. The molecule has 0 aliphatic heterocycles. The highest BCUT2D eigenvalue weighted by atomic mass is 32.1. The van der Waals surface area contributed by atoms with Gasteiger partial charge in [0.05, 0.1) is 0 Å². The summed E-state index contributed by atoms with van der Waals surface area (Å²) in [6.45, 7) is 2.02. The molecule has 0 aromatic heterocycles. The molecule has 0 amide bonds. The average molecular weight is 345 g/mol. The Bertz CT molecular complexity index is 1030. The van der Waals surface area contributed by atoms with Gasteiger partial charge < -0.3 is 5.32 Å². The number of hydrogen-bond donors (Lipinski definition) is 2. The van der Waals surface area contributed by atoms with Gasteiger partial charge in [0.15, 0.2) is 5.11 Å². The predicted molar refractivity (Wildman–Crippen MR) is 105 cm³/mol. The summed E-state index contributed by atoms with van der Waals surface area (Å²) in [6.07, 6.45) is 0. The van der Waals surface area contributed by atoms with Crippen LogP contribution in [0.3, 0.4) is 0 Å². The summed E-state index contributed by atoms with van der Waals surface area (Å²) >= 11 is 5.27. The monoisotopic (exact) mass is 345 g/mol. The van der Waals surface area contributed by atoms with Gasteiger partial charge in [0.1, 0.15) is 5.71 Å². The van der Waals surface area contributed by atoms with Crippen molar-refractivity contribution < 1.29 is 4.79 Å². The normalized spacial score (nSPS) is 14.1. The Balaban J connectivity index is 1.58. The molecule has 0 saturated carbocycles. The van der Waals surface area contributed by atoms with E-state index >= 15 is 0 Å². The topological polar surface area (TPSA) is 53.5 Å². The molecule has 5 heteroatoms. The number of thiocarbonyl (C=S) groups is 1. The fourth-order valence-electron chi connectivity index (χ4n) is 2.99. The number of nitrogens with zero attached hydrogens (tertiary/aromatic N) is 1. The molecule has 0 saturated heterocycles. The van der Waals surface area contributed by atoms with E-state index in [4.69, 9.17) is 12.2 Å². The van der Waals surface area contributed by atoms with Crippen LogP contribution < -0.4 is 10.7 Å². The van der Waals surface area contributed by atoms with Gasteiger partial charge in [-0.05, 0) is 36.7 Å². The molecule has 0 fully saturated rings. The second kappa shape index (κ2) is 6.11. The summed E-state index contributed by atoms with van der Waals surface area (Å²) in [5, 5.41) is 9.65. The first-order chi connectivity index (χ1) is 12.1. The van der Waals surface area contributed by atoms with Crippen LogP contribution in [0.5, 0.6) is 0 Å². The maximum atomic E-state index is 12.7.